The summed E-state index contributed by atoms with van der Waals surface area (Å²) in [5.74, 6) is 1.62. The number of hydrogen-bond donors (Lipinski definition) is 0. The molecular formula is C15H13BrN4OS. The smallest absolute Gasteiger partial charge is 0.214 e. The summed E-state index contributed by atoms with van der Waals surface area (Å²) in [6.07, 6.45) is 0. The van der Waals surface area contributed by atoms with Gasteiger partial charge in [0.05, 0.1) is 12.8 Å². The molecule has 0 aliphatic rings. The summed E-state index contributed by atoms with van der Waals surface area (Å²) in [6, 6.07) is 15.9. The van der Waals surface area contributed by atoms with E-state index in [1.165, 1.54) is 5.56 Å². The molecule has 0 atom stereocenters. The quantitative estimate of drug-likeness (QED) is 0.635. The van der Waals surface area contributed by atoms with Crippen LogP contribution in [0.2, 0.25) is 0 Å². The standard InChI is InChI=1S/C15H13BrN4OS/c1-21-14-8-6-13(7-9-14)20-15(17-18-19-20)22-10-11-2-4-12(16)5-3-11/h2-9H,10H2,1H3. The van der Waals surface area contributed by atoms with Crippen molar-refractivity contribution in [1.29, 1.82) is 0 Å². The number of ether oxygens (including phenoxy) is 1. The molecule has 7 heteroatoms. The number of benzene rings is 2. The first-order valence-electron chi connectivity index (χ1n) is 6.56. The fourth-order valence-corrected chi connectivity index (χ4v) is 2.99. The molecule has 0 bridgehead atoms. The summed E-state index contributed by atoms with van der Waals surface area (Å²) >= 11 is 5.03. The van der Waals surface area contributed by atoms with Gasteiger partial charge in [-0.25, -0.2) is 0 Å². The average molecular weight is 377 g/mol. The third kappa shape index (κ3) is 3.48. The van der Waals surface area contributed by atoms with E-state index in [1.54, 1.807) is 23.6 Å². The van der Waals surface area contributed by atoms with Crippen molar-refractivity contribution < 1.29 is 4.74 Å². The summed E-state index contributed by atoms with van der Waals surface area (Å²) in [6.45, 7) is 0. The van der Waals surface area contributed by atoms with E-state index >= 15 is 0 Å². The monoisotopic (exact) mass is 376 g/mol. The van der Waals surface area contributed by atoms with Gasteiger partial charge < -0.3 is 4.74 Å². The Balaban J connectivity index is 1.75. The van der Waals surface area contributed by atoms with Gasteiger partial charge in [-0.2, -0.15) is 4.68 Å². The highest BCUT2D eigenvalue weighted by molar-refractivity contribution is 9.10. The topological polar surface area (TPSA) is 52.8 Å². The summed E-state index contributed by atoms with van der Waals surface area (Å²) in [5, 5.41) is 12.7. The van der Waals surface area contributed by atoms with Crippen molar-refractivity contribution in [1.82, 2.24) is 20.2 Å². The minimum absolute atomic E-state index is 0.757. The maximum absolute atomic E-state index is 5.16. The fourth-order valence-electron chi connectivity index (χ4n) is 1.88. The number of methoxy groups -OCH3 is 1. The highest BCUT2D eigenvalue weighted by atomic mass is 79.9. The molecule has 3 rings (SSSR count). The molecule has 0 aliphatic heterocycles. The number of rotatable bonds is 5. The van der Waals surface area contributed by atoms with Crippen LogP contribution >= 0.6 is 27.7 Å². The van der Waals surface area contributed by atoms with Gasteiger partial charge in [-0.05, 0) is 52.4 Å². The molecule has 22 heavy (non-hydrogen) atoms. The highest BCUT2D eigenvalue weighted by Crippen LogP contribution is 2.24. The van der Waals surface area contributed by atoms with Crippen LogP contribution in [0, 0.1) is 0 Å². The first-order valence-corrected chi connectivity index (χ1v) is 8.34. The Kier molecular flexibility index (Phi) is 4.74. The molecule has 0 aliphatic carbocycles. The molecule has 5 nitrogen and oxygen atoms in total. The van der Waals surface area contributed by atoms with Crippen molar-refractivity contribution in [2.45, 2.75) is 10.9 Å². The largest absolute Gasteiger partial charge is 0.497 e. The van der Waals surface area contributed by atoms with Crippen molar-refractivity contribution >= 4 is 27.7 Å². The van der Waals surface area contributed by atoms with Gasteiger partial charge in [0, 0.05) is 10.2 Å². The lowest BCUT2D eigenvalue weighted by Crippen LogP contribution is -1.99. The van der Waals surface area contributed by atoms with E-state index in [9.17, 15) is 0 Å². The molecule has 2 aromatic carbocycles. The summed E-state index contributed by atoms with van der Waals surface area (Å²) < 4.78 is 7.96. The van der Waals surface area contributed by atoms with E-state index in [0.717, 1.165) is 26.8 Å². The third-order valence-electron chi connectivity index (χ3n) is 3.04. The van der Waals surface area contributed by atoms with Crippen LogP contribution < -0.4 is 4.74 Å². The van der Waals surface area contributed by atoms with Crippen molar-refractivity contribution in [3.8, 4) is 11.4 Å². The first kappa shape index (κ1) is 15.1. The van der Waals surface area contributed by atoms with Crippen LogP contribution in [0.3, 0.4) is 0 Å². The number of hydrogen-bond acceptors (Lipinski definition) is 5. The Morgan fingerprint density at radius 2 is 1.82 bits per heavy atom. The molecule has 0 saturated carbocycles. The summed E-state index contributed by atoms with van der Waals surface area (Å²) in [5.41, 5.74) is 2.13. The average Bonchev–Trinajstić information content (AvgIpc) is 3.03. The molecule has 0 saturated heterocycles. The number of nitrogens with zero attached hydrogens (tertiary/aromatic N) is 4. The van der Waals surface area contributed by atoms with Crippen LogP contribution in [-0.4, -0.2) is 27.3 Å². The molecule has 1 aromatic heterocycles. The van der Waals surface area contributed by atoms with Gasteiger partial charge in [0.25, 0.3) is 0 Å². The minimum atomic E-state index is 0.757. The van der Waals surface area contributed by atoms with Crippen LogP contribution in [0.4, 0.5) is 0 Å². The molecule has 1 heterocycles. The first-order chi connectivity index (χ1) is 10.8. The number of halogens is 1. The Bertz CT molecular complexity index is 743. The van der Waals surface area contributed by atoms with Crippen molar-refractivity contribution in [3.05, 3.63) is 58.6 Å². The van der Waals surface area contributed by atoms with E-state index in [4.69, 9.17) is 4.74 Å². The van der Waals surface area contributed by atoms with Gasteiger partial charge in [0.1, 0.15) is 5.75 Å². The molecule has 0 spiro atoms. The Labute approximate surface area is 140 Å². The van der Waals surface area contributed by atoms with Gasteiger partial charge >= 0.3 is 0 Å². The zero-order valence-electron chi connectivity index (χ0n) is 11.8. The maximum atomic E-state index is 5.16. The van der Waals surface area contributed by atoms with E-state index < -0.39 is 0 Å². The van der Waals surface area contributed by atoms with E-state index in [2.05, 4.69) is 43.6 Å². The molecule has 112 valence electrons. The second-order valence-corrected chi connectivity index (χ2v) is 6.34. The molecule has 0 N–H and O–H groups in total. The molecule has 0 amide bonds. The fraction of sp³-hybridized carbons (Fsp3) is 0.133. The lowest BCUT2D eigenvalue weighted by molar-refractivity contribution is 0.414. The van der Waals surface area contributed by atoms with Crippen LogP contribution in [0.15, 0.2) is 58.2 Å². The van der Waals surface area contributed by atoms with Gasteiger partial charge in [-0.15, -0.1) is 5.10 Å². The van der Waals surface area contributed by atoms with Gasteiger partial charge in [0.15, 0.2) is 0 Å². The Morgan fingerprint density at radius 3 is 2.50 bits per heavy atom. The second kappa shape index (κ2) is 6.93. The van der Waals surface area contributed by atoms with Gasteiger partial charge in [0.2, 0.25) is 5.16 Å². The lowest BCUT2D eigenvalue weighted by Gasteiger charge is -2.05. The molecule has 0 radical (unpaired) electrons. The van der Waals surface area contributed by atoms with Crippen molar-refractivity contribution in [3.63, 3.8) is 0 Å². The lowest BCUT2D eigenvalue weighted by atomic mass is 10.2. The number of tetrazole rings is 1. The van der Waals surface area contributed by atoms with Crippen LogP contribution in [0.5, 0.6) is 5.75 Å². The minimum Gasteiger partial charge on any atom is -0.497 e. The van der Waals surface area contributed by atoms with Gasteiger partial charge in [-0.1, -0.05) is 39.8 Å². The summed E-state index contributed by atoms with van der Waals surface area (Å²) in [7, 11) is 1.64. The molecular weight excluding hydrogens is 364 g/mol. The predicted octanol–water partition coefficient (Wildman–Crippen LogP) is 3.73. The zero-order chi connectivity index (χ0) is 15.4. The number of aromatic nitrogens is 4. The van der Waals surface area contributed by atoms with Crippen LogP contribution in [0.25, 0.3) is 5.69 Å². The van der Waals surface area contributed by atoms with Crippen LogP contribution in [-0.2, 0) is 5.75 Å². The van der Waals surface area contributed by atoms with Crippen molar-refractivity contribution in [2.24, 2.45) is 0 Å². The summed E-state index contributed by atoms with van der Waals surface area (Å²) in [4.78, 5) is 0. The van der Waals surface area contributed by atoms with Gasteiger partial charge in [-0.3, -0.25) is 0 Å². The predicted molar refractivity (Wildman–Crippen MR) is 89.4 cm³/mol. The van der Waals surface area contributed by atoms with E-state index in [0.29, 0.717) is 0 Å². The van der Waals surface area contributed by atoms with E-state index in [1.807, 2.05) is 36.4 Å². The third-order valence-corrected chi connectivity index (χ3v) is 4.56. The molecule has 0 unspecified atom stereocenters. The molecule has 3 aromatic rings. The second-order valence-electron chi connectivity index (χ2n) is 4.49. The van der Waals surface area contributed by atoms with Crippen LogP contribution in [0.1, 0.15) is 5.56 Å². The Morgan fingerprint density at radius 1 is 1.09 bits per heavy atom. The molecule has 0 fully saturated rings. The highest BCUT2D eigenvalue weighted by Gasteiger charge is 2.09. The van der Waals surface area contributed by atoms with E-state index in [-0.39, 0.29) is 0 Å². The SMILES string of the molecule is COc1ccc(-n2nnnc2SCc2ccc(Br)cc2)cc1. The Hall–Kier alpha value is -1.86. The number of thioether (sulfide) groups is 1. The zero-order valence-corrected chi connectivity index (χ0v) is 14.2. The van der Waals surface area contributed by atoms with Crippen molar-refractivity contribution in [2.75, 3.05) is 7.11 Å². The maximum Gasteiger partial charge on any atom is 0.214 e. The normalized spacial score (nSPS) is 10.6.